The van der Waals surface area contributed by atoms with Gasteiger partial charge in [0.2, 0.25) is 0 Å². The van der Waals surface area contributed by atoms with Gasteiger partial charge in [0.15, 0.2) is 0 Å². The summed E-state index contributed by atoms with van der Waals surface area (Å²) >= 11 is 0. The van der Waals surface area contributed by atoms with E-state index < -0.39 is 0 Å². The number of benzene rings is 4. The standard InChI is InChI=1S/2C12H11P.C3H8/c2*1-3-7-11(8-4-1)13-12-9-5-2-6-10-12;1-3-2/h2*1-10,13H;3H2,1-2H3. The molecular weight excluding hydrogens is 386 g/mol. The molecule has 0 aliphatic heterocycles. The maximum Gasteiger partial charge on any atom is -0.0226 e. The lowest BCUT2D eigenvalue weighted by Crippen LogP contribution is -2.01. The van der Waals surface area contributed by atoms with Crippen molar-refractivity contribution in [2.75, 3.05) is 0 Å². The summed E-state index contributed by atoms with van der Waals surface area (Å²) < 4.78 is 0. The monoisotopic (exact) mass is 416 g/mol. The van der Waals surface area contributed by atoms with E-state index in [1.54, 1.807) is 0 Å². The fourth-order valence-electron chi connectivity index (χ4n) is 2.42. The Bertz CT molecular complexity index is 725. The molecule has 0 saturated carbocycles. The Morgan fingerprint density at radius 1 is 0.379 bits per heavy atom. The van der Waals surface area contributed by atoms with Crippen molar-refractivity contribution in [3.05, 3.63) is 121 Å². The van der Waals surface area contributed by atoms with E-state index >= 15 is 0 Å². The van der Waals surface area contributed by atoms with Gasteiger partial charge in [-0.15, -0.1) is 0 Å². The Kier molecular flexibility index (Phi) is 11.7. The molecule has 0 bridgehead atoms. The molecule has 29 heavy (non-hydrogen) atoms. The molecule has 148 valence electrons. The average molecular weight is 416 g/mol. The minimum absolute atomic E-state index is 0.777. The number of rotatable bonds is 4. The molecule has 0 amide bonds. The van der Waals surface area contributed by atoms with Gasteiger partial charge in [-0.25, -0.2) is 0 Å². The van der Waals surface area contributed by atoms with Crippen LogP contribution in [0, 0.1) is 0 Å². The quantitative estimate of drug-likeness (QED) is 0.356. The van der Waals surface area contributed by atoms with Crippen LogP contribution in [0.1, 0.15) is 20.3 Å². The smallest absolute Gasteiger partial charge is 0.0226 e. The molecule has 0 aromatic heterocycles. The fraction of sp³-hybridized carbons (Fsp3) is 0.111. The molecule has 0 spiro atoms. The van der Waals surface area contributed by atoms with Crippen molar-refractivity contribution in [1.29, 1.82) is 0 Å². The van der Waals surface area contributed by atoms with E-state index in [9.17, 15) is 0 Å². The van der Waals surface area contributed by atoms with Gasteiger partial charge in [-0.3, -0.25) is 0 Å². The zero-order chi connectivity index (χ0) is 20.6. The number of hydrogen-bond acceptors (Lipinski definition) is 0. The molecule has 0 unspecified atom stereocenters. The summed E-state index contributed by atoms with van der Waals surface area (Å²) in [5, 5.41) is 5.59. The largest absolute Gasteiger partial charge is 0.0656 e. The Morgan fingerprint density at radius 3 is 0.724 bits per heavy atom. The molecule has 4 aromatic carbocycles. The first-order valence-corrected chi connectivity index (χ1v) is 12.1. The third-order valence-electron chi connectivity index (χ3n) is 3.67. The Labute approximate surface area is 180 Å². The zero-order valence-electron chi connectivity index (χ0n) is 17.3. The highest BCUT2D eigenvalue weighted by atomic mass is 31.1. The zero-order valence-corrected chi connectivity index (χ0v) is 19.3. The van der Waals surface area contributed by atoms with Crippen molar-refractivity contribution >= 4 is 38.4 Å². The second kappa shape index (κ2) is 14.7. The summed E-state index contributed by atoms with van der Waals surface area (Å²) in [7, 11) is 1.55. The highest BCUT2D eigenvalue weighted by Crippen LogP contribution is 2.09. The van der Waals surface area contributed by atoms with E-state index in [1.165, 1.54) is 27.6 Å². The summed E-state index contributed by atoms with van der Waals surface area (Å²) in [5.74, 6) is 0. The molecule has 2 heteroatoms. The van der Waals surface area contributed by atoms with E-state index in [4.69, 9.17) is 0 Å². The minimum Gasteiger partial charge on any atom is -0.0656 e. The Balaban J connectivity index is 0.000000183. The van der Waals surface area contributed by atoms with Gasteiger partial charge in [-0.1, -0.05) is 159 Å². The molecule has 4 aromatic rings. The lowest BCUT2D eigenvalue weighted by atomic mass is 10.4. The van der Waals surface area contributed by atoms with Crippen molar-refractivity contribution in [2.45, 2.75) is 20.3 Å². The van der Waals surface area contributed by atoms with E-state index in [2.05, 4.69) is 135 Å². The van der Waals surface area contributed by atoms with Crippen LogP contribution in [0.15, 0.2) is 121 Å². The third-order valence-corrected chi connectivity index (χ3v) is 6.16. The second-order valence-corrected chi connectivity index (χ2v) is 9.23. The van der Waals surface area contributed by atoms with Gasteiger partial charge in [0.05, 0.1) is 0 Å². The fourth-order valence-corrected chi connectivity index (χ4v) is 4.52. The highest BCUT2D eigenvalue weighted by molar-refractivity contribution is 7.55. The number of hydrogen-bond donors (Lipinski definition) is 0. The summed E-state index contributed by atoms with van der Waals surface area (Å²) in [4.78, 5) is 0. The van der Waals surface area contributed by atoms with Gasteiger partial charge in [0.1, 0.15) is 0 Å². The van der Waals surface area contributed by atoms with Crippen LogP contribution in [0.3, 0.4) is 0 Å². The summed E-state index contributed by atoms with van der Waals surface area (Å²) in [6.07, 6.45) is 1.25. The summed E-state index contributed by atoms with van der Waals surface area (Å²) in [6, 6.07) is 42.3. The van der Waals surface area contributed by atoms with Crippen LogP contribution >= 0.6 is 17.2 Å². The van der Waals surface area contributed by atoms with Gasteiger partial charge in [-0.05, 0) is 21.2 Å². The molecule has 0 radical (unpaired) electrons. The van der Waals surface area contributed by atoms with Crippen molar-refractivity contribution < 1.29 is 0 Å². The average Bonchev–Trinajstić information content (AvgIpc) is 2.78. The SMILES string of the molecule is CCC.c1ccc(Pc2ccccc2)cc1.c1ccc(Pc2ccccc2)cc1. The predicted octanol–water partition coefficient (Wildman–Crippen LogP) is 6.05. The van der Waals surface area contributed by atoms with Crippen molar-refractivity contribution in [3.8, 4) is 0 Å². The minimum atomic E-state index is 0.777. The molecule has 4 rings (SSSR count). The second-order valence-electron chi connectivity index (χ2n) is 6.42. The lowest BCUT2D eigenvalue weighted by Gasteiger charge is -2.00. The molecule has 0 nitrogen and oxygen atoms in total. The van der Waals surface area contributed by atoms with E-state index in [-0.39, 0.29) is 0 Å². The molecule has 0 aliphatic carbocycles. The molecule has 0 N–H and O–H groups in total. The normalized spacial score (nSPS) is 9.45. The first kappa shape index (κ1) is 23.0. The van der Waals surface area contributed by atoms with Crippen LogP contribution in [-0.4, -0.2) is 0 Å². The lowest BCUT2D eigenvalue weighted by molar-refractivity contribution is 1.09. The summed E-state index contributed by atoms with van der Waals surface area (Å²) in [6.45, 7) is 4.25. The van der Waals surface area contributed by atoms with Gasteiger partial charge in [-0.2, -0.15) is 0 Å². The first-order chi connectivity index (χ1) is 14.3. The van der Waals surface area contributed by atoms with Crippen LogP contribution in [0.5, 0.6) is 0 Å². The van der Waals surface area contributed by atoms with Gasteiger partial charge >= 0.3 is 0 Å². The first-order valence-electron chi connectivity index (χ1n) is 10.1. The molecule has 0 fully saturated rings. The van der Waals surface area contributed by atoms with Crippen LogP contribution in [0.2, 0.25) is 0 Å². The maximum absolute atomic E-state index is 2.17. The molecule has 0 heterocycles. The third kappa shape index (κ3) is 10.2. The Hall–Kier alpha value is -2.26. The molecular formula is C27H30P2. The topological polar surface area (TPSA) is 0 Å². The Morgan fingerprint density at radius 2 is 0.552 bits per heavy atom. The molecule has 0 saturated heterocycles. The van der Waals surface area contributed by atoms with Crippen molar-refractivity contribution in [3.63, 3.8) is 0 Å². The van der Waals surface area contributed by atoms with Crippen LogP contribution < -0.4 is 21.2 Å². The van der Waals surface area contributed by atoms with E-state index in [0.29, 0.717) is 0 Å². The van der Waals surface area contributed by atoms with Crippen molar-refractivity contribution in [2.24, 2.45) is 0 Å². The molecule has 0 aliphatic rings. The maximum atomic E-state index is 2.17. The summed E-state index contributed by atoms with van der Waals surface area (Å²) in [5.41, 5.74) is 0. The van der Waals surface area contributed by atoms with Crippen LogP contribution in [0.25, 0.3) is 0 Å². The highest BCUT2D eigenvalue weighted by Gasteiger charge is 1.93. The van der Waals surface area contributed by atoms with Crippen LogP contribution in [0.4, 0.5) is 0 Å². The van der Waals surface area contributed by atoms with E-state index in [0.717, 1.165) is 17.2 Å². The van der Waals surface area contributed by atoms with Gasteiger partial charge < -0.3 is 0 Å². The van der Waals surface area contributed by atoms with Gasteiger partial charge in [0.25, 0.3) is 0 Å². The predicted molar refractivity (Wildman–Crippen MR) is 137 cm³/mol. The van der Waals surface area contributed by atoms with Crippen molar-refractivity contribution in [1.82, 2.24) is 0 Å². The van der Waals surface area contributed by atoms with Crippen LogP contribution in [-0.2, 0) is 0 Å². The molecule has 0 atom stereocenters. The van der Waals surface area contributed by atoms with E-state index in [1.807, 2.05) is 0 Å². The van der Waals surface area contributed by atoms with Gasteiger partial charge in [0, 0.05) is 0 Å².